The Bertz CT molecular complexity index is 992. The molecule has 2 aliphatic rings. The van der Waals surface area contributed by atoms with Crippen molar-refractivity contribution in [2.75, 3.05) is 24.3 Å². The number of hydrogen-bond donors (Lipinski definition) is 2. The number of carbonyl (C=O) groups is 1. The molecule has 0 saturated carbocycles. The van der Waals surface area contributed by atoms with E-state index in [2.05, 4.69) is 25.0 Å². The highest BCUT2D eigenvalue weighted by atomic mass is 32.2. The van der Waals surface area contributed by atoms with E-state index in [1.165, 1.54) is 30.0 Å². The second kappa shape index (κ2) is 8.11. The first-order chi connectivity index (χ1) is 14.4. The number of alkyl halides is 2. The number of amidine groups is 1. The van der Waals surface area contributed by atoms with Gasteiger partial charge in [0.2, 0.25) is 5.88 Å². The van der Waals surface area contributed by atoms with Crippen LogP contribution in [0.15, 0.2) is 35.6 Å². The number of fused-ring (bicyclic) bond motifs is 1. The number of nitrogens with zero attached hydrogens (tertiary/aromatic N) is 3. The van der Waals surface area contributed by atoms with Crippen molar-refractivity contribution in [3.05, 3.63) is 47.7 Å². The number of hydrogen-bond acceptors (Lipinski definition) is 8. The molecule has 4 rings (SSSR count). The Kier molecular flexibility index (Phi) is 5.52. The minimum absolute atomic E-state index is 0.0523. The summed E-state index contributed by atoms with van der Waals surface area (Å²) in [6.45, 7) is -2.43. The summed E-state index contributed by atoms with van der Waals surface area (Å²) in [7, 11) is 0. The van der Waals surface area contributed by atoms with Crippen LogP contribution >= 0.6 is 11.8 Å². The first-order valence-electron chi connectivity index (χ1n) is 8.81. The van der Waals surface area contributed by atoms with Crippen molar-refractivity contribution in [2.24, 2.45) is 16.6 Å². The van der Waals surface area contributed by atoms with Crippen LogP contribution in [-0.2, 0) is 10.3 Å². The fourth-order valence-electron chi connectivity index (χ4n) is 3.41. The van der Waals surface area contributed by atoms with E-state index in [4.69, 9.17) is 10.5 Å². The number of rotatable bonds is 5. The topological polar surface area (TPSA) is 112 Å². The molecule has 2 aliphatic heterocycles. The van der Waals surface area contributed by atoms with Crippen LogP contribution < -0.4 is 15.8 Å². The highest BCUT2D eigenvalue weighted by molar-refractivity contribution is 8.13. The molecule has 1 aromatic heterocycles. The van der Waals surface area contributed by atoms with Crippen LogP contribution in [0.1, 0.15) is 16.1 Å². The van der Waals surface area contributed by atoms with E-state index >= 15 is 0 Å². The summed E-state index contributed by atoms with van der Waals surface area (Å²) in [5.74, 6) is -0.956. The number of halogens is 3. The summed E-state index contributed by atoms with van der Waals surface area (Å²) in [4.78, 5) is 24.3. The molecule has 1 aromatic carbocycles. The van der Waals surface area contributed by atoms with Gasteiger partial charge in [-0.15, -0.1) is 0 Å². The van der Waals surface area contributed by atoms with Gasteiger partial charge in [0.1, 0.15) is 17.1 Å². The molecule has 0 aliphatic carbocycles. The number of anilines is 1. The fraction of sp³-hybridized carbons (Fsp3) is 0.333. The molecule has 0 radical (unpaired) electrons. The number of carbonyl (C=O) groups excluding carboxylic acids is 1. The summed E-state index contributed by atoms with van der Waals surface area (Å²) in [6.07, 6.45) is 1.91. The molecule has 12 heteroatoms. The highest BCUT2D eigenvalue weighted by Crippen LogP contribution is 2.45. The van der Waals surface area contributed by atoms with Gasteiger partial charge in [0, 0.05) is 22.9 Å². The van der Waals surface area contributed by atoms with E-state index in [0.29, 0.717) is 23.2 Å². The number of nitrogens with two attached hydrogens (primary N) is 1. The number of benzene rings is 1. The lowest BCUT2D eigenvalue weighted by atomic mass is 9.81. The molecule has 30 heavy (non-hydrogen) atoms. The average Bonchev–Trinajstić information content (AvgIpc) is 3.13. The molecule has 8 nitrogen and oxygen atoms in total. The van der Waals surface area contributed by atoms with E-state index in [1.54, 1.807) is 0 Å². The van der Waals surface area contributed by atoms with E-state index in [1.807, 2.05) is 0 Å². The van der Waals surface area contributed by atoms with Crippen LogP contribution in [0.5, 0.6) is 5.88 Å². The Balaban J connectivity index is 1.58. The van der Waals surface area contributed by atoms with Crippen LogP contribution in [0.2, 0.25) is 0 Å². The van der Waals surface area contributed by atoms with Crippen LogP contribution in [0.25, 0.3) is 0 Å². The minimum atomic E-state index is -3.05. The maximum absolute atomic E-state index is 14.7. The summed E-state index contributed by atoms with van der Waals surface area (Å²) in [5.41, 5.74) is 5.40. The number of thioether (sulfide) groups is 1. The number of amides is 1. The van der Waals surface area contributed by atoms with Crippen molar-refractivity contribution in [1.82, 2.24) is 9.97 Å². The van der Waals surface area contributed by atoms with Crippen molar-refractivity contribution in [3.63, 3.8) is 0 Å². The molecule has 0 unspecified atom stereocenters. The predicted molar refractivity (Wildman–Crippen MR) is 103 cm³/mol. The van der Waals surface area contributed by atoms with Crippen LogP contribution in [-0.4, -0.2) is 46.6 Å². The van der Waals surface area contributed by atoms with Gasteiger partial charge in [-0.05, 0) is 18.2 Å². The van der Waals surface area contributed by atoms with Gasteiger partial charge in [0.25, 0.3) is 5.91 Å². The lowest BCUT2D eigenvalue weighted by Crippen LogP contribution is -2.40. The SMILES string of the molecule is NC1=N[C@@]2(c3cc(NC(=O)c4cnc(OC(F)F)cn4)ccc3F)COC[C@H]2CS1. The summed E-state index contributed by atoms with van der Waals surface area (Å²) >= 11 is 1.39. The van der Waals surface area contributed by atoms with Gasteiger partial charge in [-0.2, -0.15) is 8.78 Å². The number of ether oxygens (including phenoxy) is 2. The zero-order valence-corrected chi connectivity index (χ0v) is 16.2. The van der Waals surface area contributed by atoms with Gasteiger partial charge in [-0.25, -0.2) is 19.4 Å². The molecule has 158 valence electrons. The van der Waals surface area contributed by atoms with Gasteiger partial charge in [0.05, 0.1) is 25.6 Å². The molecule has 3 heterocycles. The van der Waals surface area contributed by atoms with Gasteiger partial charge >= 0.3 is 6.61 Å². The number of aliphatic imine (C=N–C) groups is 1. The van der Waals surface area contributed by atoms with Crippen LogP contribution in [0.3, 0.4) is 0 Å². The quantitative estimate of drug-likeness (QED) is 0.736. The maximum Gasteiger partial charge on any atom is 0.388 e. The fourth-order valence-corrected chi connectivity index (χ4v) is 4.38. The summed E-state index contributed by atoms with van der Waals surface area (Å²) < 4.78 is 48.8. The normalized spacial score (nSPS) is 23.1. The molecule has 2 atom stereocenters. The van der Waals surface area contributed by atoms with Gasteiger partial charge in [-0.3, -0.25) is 4.79 Å². The highest BCUT2D eigenvalue weighted by Gasteiger charge is 2.49. The molecular formula is C18H16F3N5O3S. The smallest absolute Gasteiger partial charge is 0.388 e. The van der Waals surface area contributed by atoms with E-state index in [-0.39, 0.29) is 23.8 Å². The molecule has 0 bridgehead atoms. The van der Waals surface area contributed by atoms with E-state index in [0.717, 1.165) is 12.4 Å². The molecule has 1 amide bonds. The Labute approximate surface area is 173 Å². The molecule has 2 aromatic rings. The first-order valence-corrected chi connectivity index (χ1v) is 9.80. The monoisotopic (exact) mass is 439 g/mol. The van der Waals surface area contributed by atoms with Crippen molar-refractivity contribution in [1.29, 1.82) is 0 Å². The second-order valence-electron chi connectivity index (χ2n) is 6.66. The summed E-state index contributed by atoms with van der Waals surface area (Å²) in [5, 5.41) is 2.94. The van der Waals surface area contributed by atoms with Crippen molar-refractivity contribution in [3.8, 4) is 5.88 Å². The summed E-state index contributed by atoms with van der Waals surface area (Å²) in [6, 6.07) is 4.11. The molecular weight excluding hydrogens is 423 g/mol. The van der Waals surface area contributed by atoms with Crippen LogP contribution in [0, 0.1) is 11.7 Å². The number of aromatic nitrogens is 2. The van der Waals surface area contributed by atoms with Gasteiger partial charge in [-0.1, -0.05) is 11.8 Å². The first kappa shape index (κ1) is 20.4. The maximum atomic E-state index is 14.7. The molecule has 3 N–H and O–H groups in total. The largest absolute Gasteiger partial charge is 0.415 e. The van der Waals surface area contributed by atoms with Crippen LogP contribution in [0.4, 0.5) is 18.9 Å². The minimum Gasteiger partial charge on any atom is -0.415 e. The van der Waals surface area contributed by atoms with E-state index in [9.17, 15) is 18.0 Å². The Hall–Kier alpha value is -2.86. The lowest BCUT2D eigenvalue weighted by molar-refractivity contribution is -0.0531. The third kappa shape index (κ3) is 3.92. The average molecular weight is 439 g/mol. The zero-order chi connectivity index (χ0) is 21.3. The third-order valence-corrected chi connectivity index (χ3v) is 5.78. The zero-order valence-electron chi connectivity index (χ0n) is 15.3. The lowest BCUT2D eigenvalue weighted by Gasteiger charge is -2.34. The standard InChI is InChI=1S/C18H16F3N5O3S/c19-12-2-1-10(25-15(27)13-4-24-14(5-23-13)29-16(20)21)3-11(12)18-8-28-6-9(18)7-30-17(22)26-18/h1-5,9,16H,6-8H2,(H2,22,26)(H,25,27)/t9-,18-/m0/s1. The van der Waals surface area contributed by atoms with Crippen molar-refractivity contribution in [2.45, 2.75) is 12.2 Å². The van der Waals surface area contributed by atoms with Gasteiger partial charge < -0.3 is 20.5 Å². The number of nitrogens with one attached hydrogen (secondary N) is 1. The molecule has 1 saturated heterocycles. The van der Waals surface area contributed by atoms with Gasteiger partial charge in [0.15, 0.2) is 5.17 Å². The predicted octanol–water partition coefficient (Wildman–Crippen LogP) is 2.37. The Morgan fingerprint density at radius 3 is 2.93 bits per heavy atom. The second-order valence-corrected chi connectivity index (χ2v) is 7.70. The van der Waals surface area contributed by atoms with Crippen molar-refractivity contribution < 1.29 is 27.4 Å². The Morgan fingerprint density at radius 1 is 1.37 bits per heavy atom. The van der Waals surface area contributed by atoms with Crippen molar-refractivity contribution >= 4 is 28.5 Å². The van der Waals surface area contributed by atoms with E-state index < -0.39 is 29.8 Å². The third-order valence-electron chi connectivity index (χ3n) is 4.82. The molecule has 0 spiro atoms. The Morgan fingerprint density at radius 2 is 2.20 bits per heavy atom. The molecule has 1 fully saturated rings.